The molecule has 7 heteroatoms. The Morgan fingerprint density at radius 1 is 1.26 bits per heavy atom. The maximum atomic E-state index is 12.9. The van der Waals surface area contributed by atoms with Gasteiger partial charge in [0.2, 0.25) is 11.8 Å². The molecule has 7 nitrogen and oxygen atoms in total. The Bertz CT molecular complexity index is 1060. The third kappa shape index (κ3) is 4.84. The first-order valence-corrected chi connectivity index (χ1v) is 10.6. The highest BCUT2D eigenvalue weighted by atomic mass is 16.5. The first kappa shape index (κ1) is 21.2. The molecule has 0 saturated carbocycles. The average Bonchev–Trinajstić information content (AvgIpc) is 3.23. The van der Waals surface area contributed by atoms with Crippen LogP contribution in [0.4, 0.5) is 0 Å². The zero-order valence-electron chi connectivity index (χ0n) is 17.8. The van der Waals surface area contributed by atoms with E-state index >= 15 is 0 Å². The van der Waals surface area contributed by atoms with Gasteiger partial charge in [0.25, 0.3) is 0 Å². The van der Waals surface area contributed by atoms with Gasteiger partial charge in [-0.2, -0.15) is 0 Å². The fraction of sp³-hybridized carbons (Fsp3) is 0.375. The molecule has 0 amide bonds. The zero-order chi connectivity index (χ0) is 21.8. The van der Waals surface area contributed by atoms with Gasteiger partial charge in [-0.05, 0) is 49.1 Å². The van der Waals surface area contributed by atoms with E-state index in [1.807, 2.05) is 19.1 Å². The predicted molar refractivity (Wildman–Crippen MR) is 116 cm³/mol. The SMILES string of the molecule is CCOc1cc(-c2nnc(C)o2)ccc1C(=O)CC[C@@H](O)[C@@H]1Cc2ccccc2CN1. The molecule has 2 atom stereocenters. The minimum atomic E-state index is -0.603. The topological polar surface area (TPSA) is 97.5 Å². The number of nitrogens with one attached hydrogen (secondary N) is 1. The van der Waals surface area contributed by atoms with Crippen LogP contribution in [0.1, 0.15) is 47.1 Å². The number of carbonyl (C=O) groups is 1. The van der Waals surface area contributed by atoms with E-state index in [0.717, 1.165) is 13.0 Å². The van der Waals surface area contributed by atoms with Crippen LogP contribution in [0.5, 0.6) is 5.75 Å². The van der Waals surface area contributed by atoms with Crippen LogP contribution in [0.2, 0.25) is 0 Å². The number of aryl methyl sites for hydroxylation is 1. The second-order valence-corrected chi connectivity index (χ2v) is 7.76. The van der Waals surface area contributed by atoms with Crippen molar-refractivity contribution in [1.82, 2.24) is 15.5 Å². The molecule has 2 heterocycles. The Kier molecular flexibility index (Phi) is 6.44. The Balaban J connectivity index is 1.42. The Morgan fingerprint density at radius 3 is 2.81 bits per heavy atom. The molecule has 31 heavy (non-hydrogen) atoms. The second kappa shape index (κ2) is 9.41. The minimum Gasteiger partial charge on any atom is -0.493 e. The quantitative estimate of drug-likeness (QED) is 0.537. The van der Waals surface area contributed by atoms with Crippen molar-refractivity contribution in [2.45, 2.75) is 51.8 Å². The smallest absolute Gasteiger partial charge is 0.247 e. The molecule has 3 aromatic rings. The van der Waals surface area contributed by atoms with Crippen LogP contribution in [-0.2, 0) is 13.0 Å². The van der Waals surface area contributed by atoms with Gasteiger partial charge in [-0.25, -0.2) is 0 Å². The Hall–Kier alpha value is -3.03. The molecule has 2 aromatic carbocycles. The van der Waals surface area contributed by atoms with Gasteiger partial charge in [0.05, 0.1) is 18.3 Å². The van der Waals surface area contributed by atoms with Crippen molar-refractivity contribution in [2.75, 3.05) is 6.61 Å². The van der Waals surface area contributed by atoms with Crippen LogP contribution < -0.4 is 10.1 Å². The highest BCUT2D eigenvalue weighted by molar-refractivity contribution is 5.99. The van der Waals surface area contributed by atoms with Crippen LogP contribution in [0.3, 0.4) is 0 Å². The molecule has 1 aromatic heterocycles. The molecule has 0 radical (unpaired) electrons. The van der Waals surface area contributed by atoms with Crippen molar-refractivity contribution >= 4 is 5.78 Å². The third-order valence-corrected chi connectivity index (χ3v) is 5.60. The van der Waals surface area contributed by atoms with Gasteiger partial charge in [-0.3, -0.25) is 4.79 Å². The molecule has 1 aliphatic rings. The van der Waals surface area contributed by atoms with Crippen molar-refractivity contribution in [3.63, 3.8) is 0 Å². The van der Waals surface area contributed by atoms with Gasteiger partial charge in [0.1, 0.15) is 5.75 Å². The number of ketones is 1. The van der Waals surface area contributed by atoms with Crippen LogP contribution in [-0.4, -0.2) is 39.8 Å². The van der Waals surface area contributed by atoms with Gasteiger partial charge in [-0.1, -0.05) is 24.3 Å². The van der Waals surface area contributed by atoms with Gasteiger partial charge >= 0.3 is 0 Å². The van der Waals surface area contributed by atoms with E-state index in [1.165, 1.54) is 11.1 Å². The van der Waals surface area contributed by atoms with Crippen LogP contribution in [0.15, 0.2) is 46.9 Å². The van der Waals surface area contributed by atoms with E-state index in [2.05, 4.69) is 27.6 Å². The molecular weight excluding hydrogens is 394 g/mol. The number of carbonyl (C=O) groups excluding carboxylic acids is 1. The summed E-state index contributed by atoms with van der Waals surface area (Å²) >= 11 is 0. The standard InChI is InChI=1S/C24H27N3O4/c1-3-30-23-13-17(24-27-26-15(2)31-24)8-9-19(23)21(28)10-11-22(29)20-12-16-6-4-5-7-18(16)14-25-20/h4-9,13,20,22,25,29H,3,10-12,14H2,1-2H3/t20-,22+/m0/s1. The summed E-state index contributed by atoms with van der Waals surface area (Å²) < 4.78 is 11.2. The molecule has 0 saturated heterocycles. The summed E-state index contributed by atoms with van der Waals surface area (Å²) in [4.78, 5) is 12.9. The van der Waals surface area contributed by atoms with E-state index < -0.39 is 6.10 Å². The van der Waals surface area contributed by atoms with Gasteiger partial charge < -0.3 is 19.6 Å². The Labute approximate surface area is 181 Å². The molecule has 0 unspecified atom stereocenters. The number of hydrogen-bond acceptors (Lipinski definition) is 7. The molecule has 2 N–H and O–H groups in total. The number of Topliss-reactive ketones (excluding diaryl/α,β-unsaturated/α-hetero) is 1. The fourth-order valence-corrected chi connectivity index (χ4v) is 3.94. The first-order chi connectivity index (χ1) is 15.0. The van der Waals surface area contributed by atoms with Gasteiger partial charge in [0, 0.05) is 31.5 Å². The van der Waals surface area contributed by atoms with E-state index in [0.29, 0.717) is 41.7 Å². The first-order valence-electron chi connectivity index (χ1n) is 10.6. The number of benzene rings is 2. The highest BCUT2D eigenvalue weighted by Gasteiger charge is 2.25. The number of fused-ring (bicyclic) bond motifs is 1. The number of rotatable bonds is 8. The van der Waals surface area contributed by atoms with Crippen LogP contribution >= 0.6 is 0 Å². The number of hydrogen-bond donors (Lipinski definition) is 2. The lowest BCUT2D eigenvalue weighted by Crippen LogP contribution is -2.44. The summed E-state index contributed by atoms with van der Waals surface area (Å²) in [6.45, 7) is 4.76. The maximum Gasteiger partial charge on any atom is 0.247 e. The lowest BCUT2D eigenvalue weighted by atomic mass is 9.90. The summed E-state index contributed by atoms with van der Waals surface area (Å²) in [6.07, 6.45) is 0.775. The maximum absolute atomic E-state index is 12.9. The highest BCUT2D eigenvalue weighted by Crippen LogP contribution is 2.28. The van der Waals surface area contributed by atoms with Gasteiger partial charge in [0.15, 0.2) is 5.78 Å². The van der Waals surface area contributed by atoms with E-state index in [9.17, 15) is 9.90 Å². The number of ether oxygens (including phenoxy) is 1. The minimum absolute atomic E-state index is 0.0581. The molecular formula is C24H27N3O4. The zero-order valence-corrected chi connectivity index (χ0v) is 17.8. The molecule has 0 fully saturated rings. The normalized spacial score (nSPS) is 16.5. The number of aliphatic hydroxyl groups excluding tert-OH is 1. The molecule has 162 valence electrons. The third-order valence-electron chi connectivity index (χ3n) is 5.60. The van der Waals surface area contributed by atoms with E-state index in [1.54, 1.807) is 25.1 Å². The summed E-state index contributed by atoms with van der Waals surface area (Å²) in [5, 5.41) is 21.9. The second-order valence-electron chi connectivity index (χ2n) is 7.76. The number of aliphatic hydroxyl groups is 1. The number of aromatic nitrogens is 2. The predicted octanol–water partition coefficient (Wildman–Crippen LogP) is 3.48. The monoisotopic (exact) mass is 421 g/mol. The summed E-state index contributed by atoms with van der Waals surface area (Å²) in [5.41, 5.74) is 3.71. The average molecular weight is 421 g/mol. The summed E-state index contributed by atoms with van der Waals surface area (Å²) in [7, 11) is 0. The van der Waals surface area contributed by atoms with E-state index in [-0.39, 0.29) is 18.2 Å². The lowest BCUT2D eigenvalue weighted by molar-refractivity contribution is 0.0874. The molecule has 0 bridgehead atoms. The van der Waals surface area contributed by atoms with Gasteiger partial charge in [-0.15, -0.1) is 10.2 Å². The number of nitrogens with zero attached hydrogens (tertiary/aromatic N) is 2. The largest absolute Gasteiger partial charge is 0.493 e. The Morgan fingerprint density at radius 2 is 2.06 bits per heavy atom. The van der Waals surface area contributed by atoms with Crippen molar-refractivity contribution in [3.05, 3.63) is 65.0 Å². The summed E-state index contributed by atoms with van der Waals surface area (Å²) in [5.74, 6) is 1.28. The van der Waals surface area contributed by atoms with Crippen LogP contribution in [0.25, 0.3) is 11.5 Å². The van der Waals surface area contributed by atoms with Crippen molar-refractivity contribution in [1.29, 1.82) is 0 Å². The molecule has 0 spiro atoms. The summed E-state index contributed by atoms with van der Waals surface area (Å²) in [6, 6.07) is 13.4. The fourth-order valence-electron chi connectivity index (χ4n) is 3.94. The molecule has 1 aliphatic heterocycles. The molecule has 0 aliphatic carbocycles. The van der Waals surface area contributed by atoms with Crippen LogP contribution in [0, 0.1) is 6.92 Å². The van der Waals surface area contributed by atoms with E-state index in [4.69, 9.17) is 9.15 Å². The van der Waals surface area contributed by atoms with Crippen molar-refractivity contribution in [3.8, 4) is 17.2 Å². The molecule has 4 rings (SSSR count). The van der Waals surface area contributed by atoms with Crippen molar-refractivity contribution in [2.24, 2.45) is 0 Å². The lowest BCUT2D eigenvalue weighted by Gasteiger charge is -2.29. The van der Waals surface area contributed by atoms with Crippen molar-refractivity contribution < 1.29 is 19.1 Å².